The van der Waals surface area contributed by atoms with Gasteiger partial charge in [0.2, 0.25) is 10.0 Å². The van der Waals surface area contributed by atoms with Gasteiger partial charge >= 0.3 is 0 Å². The van der Waals surface area contributed by atoms with Gasteiger partial charge in [-0.2, -0.15) is 0 Å². The third kappa shape index (κ3) is 4.76. The second kappa shape index (κ2) is 8.77. The summed E-state index contributed by atoms with van der Waals surface area (Å²) in [6.45, 7) is 4.12. The van der Waals surface area contributed by atoms with E-state index in [1.54, 1.807) is 6.20 Å². The molecule has 1 saturated carbocycles. The van der Waals surface area contributed by atoms with Gasteiger partial charge in [0.05, 0.1) is 0 Å². The lowest BCUT2D eigenvalue weighted by molar-refractivity contribution is 0.187. The predicted molar refractivity (Wildman–Crippen MR) is 111 cm³/mol. The van der Waals surface area contributed by atoms with E-state index < -0.39 is 15.8 Å². The van der Waals surface area contributed by atoms with Crippen LogP contribution in [0.3, 0.4) is 0 Å². The van der Waals surface area contributed by atoms with E-state index in [1.807, 2.05) is 12.1 Å². The van der Waals surface area contributed by atoms with Crippen molar-refractivity contribution in [1.29, 1.82) is 0 Å². The number of nitrogens with one attached hydrogen (secondary N) is 1. The first-order valence-corrected chi connectivity index (χ1v) is 11.7. The summed E-state index contributed by atoms with van der Waals surface area (Å²) in [5, 5.41) is 0. The van der Waals surface area contributed by atoms with Gasteiger partial charge in [-0.1, -0.05) is 31.0 Å². The summed E-state index contributed by atoms with van der Waals surface area (Å²) in [4.78, 5) is 9.05. The Bertz CT molecular complexity index is 922. The summed E-state index contributed by atoms with van der Waals surface area (Å²) in [5.41, 5.74) is 0.734. The number of piperazine rings is 1. The van der Waals surface area contributed by atoms with Crippen LogP contribution in [0.4, 0.5) is 10.2 Å². The minimum absolute atomic E-state index is 0.0689. The number of hydrogen-bond acceptors (Lipinski definition) is 5. The lowest BCUT2D eigenvalue weighted by atomic mass is 10.2. The van der Waals surface area contributed by atoms with Crippen molar-refractivity contribution in [2.45, 2.75) is 43.2 Å². The molecule has 8 heteroatoms. The maximum absolute atomic E-state index is 13.8. The minimum Gasteiger partial charge on any atom is -0.354 e. The molecule has 4 rings (SSSR count). The minimum atomic E-state index is -3.90. The number of anilines is 1. The molecule has 1 aromatic carbocycles. The van der Waals surface area contributed by atoms with Gasteiger partial charge in [0.15, 0.2) is 0 Å². The van der Waals surface area contributed by atoms with E-state index in [1.165, 1.54) is 43.9 Å². The van der Waals surface area contributed by atoms with Crippen molar-refractivity contribution in [3.05, 3.63) is 54.0 Å². The van der Waals surface area contributed by atoms with E-state index in [4.69, 9.17) is 0 Å². The summed E-state index contributed by atoms with van der Waals surface area (Å²) in [5.74, 6) is 0.155. The van der Waals surface area contributed by atoms with Gasteiger partial charge in [-0.15, -0.1) is 0 Å². The van der Waals surface area contributed by atoms with E-state index in [0.29, 0.717) is 0 Å². The predicted octanol–water partition coefficient (Wildman–Crippen LogP) is 2.76. The van der Waals surface area contributed by atoms with Crippen LogP contribution in [-0.2, 0) is 16.6 Å². The lowest BCUT2D eigenvalue weighted by Gasteiger charge is -2.38. The van der Waals surface area contributed by atoms with Gasteiger partial charge < -0.3 is 4.90 Å². The van der Waals surface area contributed by atoms with E-state index in [2.05, 4.69) is 19.5 Å². The average Bonchev–Trinajstić information content (AvgIpc) is 3.28. The van der Waals surface area contributed by atoms with E-state index in [9.17, 15) is 12.8 Å². The van der Waals surface area contributed by atoms with Crippen LogP contribution in [0.25, 0.3) is 0 Å². The smallest absolute Gasteiger partial charge is 0.243 e. The standard InChI is InChI=1S/C21H27FN4O2S/c22-19-7-3-4-8-20(19)29(27,28)24-16-17-9-10-21(23-15-17)26-13-11-25(12-14-26)18-5-1-2-6-18/h3-4,7-10,15,18,24H,1-2,5-6,11-14,16H2. The van der Waals surface area contributed by atoms with Crippen molar-refractivity contribution in [3.8, 4) is 0 Å². The lowest BCUT2D eigenvalue weighted by Crippen LogP contribution is -2.50. The summed E-state index contributed by atoms with van der Waals surface area (Å²) < 4.78 is 40.8. The highest BCUT2D eigenvalue weighted by molar-refractivity contribution is 7.89. The summed E-state index contributed by atoms with van der Waals surface area (Å²) in [6.07, 6.45) is 7.05. The molecule has 0 amide bonds. The molecule has 0 bridgehead atoms. The normalized spacial score (nSPS) is 19.0. The molecule has 2 aliphatic rings. The van der Waals surface area contributed by atoms with Crippen molar-refractivity contribution in [2.24, 2.45) is 0 Å². The zero-order valence-corrected chi connectivity index (χ0v) is 17.2. The molecular formula is C21H27FN4O2S. The van der Waals surface area contributed by atoms with Gasteiger partial charge in [-0.05, 0) is 36.6 Å². The van der Waals surface area contributed by atoms with E-state index >= 15 is 0 Å². The highest BCUT2D eigenvalue weighted by atomic mass is 32.2. The first-order chi connectivity index (χ1) is 14.0. The fraction of sp³-hybridized carbons (Fsp3) is 0.476. The van der Waals surface area contributed by atoms with Crippen molar-refractivity contribution in [1.82, 2.24) is 14.6 Å². The SMILES string of the molecule is O=S(=O)(NCc1ccc(N2CCN(C3CCCC3)CC2)nc1)c1ccccc1F. The summed E-state index contributed by atoms with van der Waals surface area (Å²) >= 11 is 0. The molecule has 6 nitrogen and oxygen atoms in total. The topological polar surface area (TPSA) is 65.5 Å². The van der Waals surface area contributed by atoms with Crippen LogP contribution < -0.4 is 9.62 Å². The zero-order valence-electron chi connectivity index (χ0n) is 16.4. The molecule has 0 unspecified atom stereocenters. The first kappa shape index (κ1) is 20.3. The Hall–Kier alpha value is -2.03. The molecule has 1 aliphatic heterocycles. The number of hydrogen-bond donors (Lipinski definition) is 1. The van der Waals surface area contributed by atoms with Crippen LogP contribution in [0, 0.1) is 5.82 Å². The molecule has 2 heterocycles. The van der Waals surface area contributed by atoms with Crippen molar-refractivity contribution in [2.75, 3.05) is 31.1 Å². The number of benzene rings is 1. The van der Waals surface area contributed by atoms with Crippen molar-refractivity contribution in [3.63, 3.8) is 0 Å². The summed E-state index contributed by atoms with van der Waals surface area (Å²) in [6, 6.07) is 9.91. The summed E-state index contributed by atoms with van der Waals surface area (Å²) in [7, 11) is -3.90. The second-order valence-corrected chi connectivity index (χ2v) is 9.48. The Kier molecular flexibility index (Phi) is 6.12. The molecule has 1 aliphatic carbocycles. The molecule has 2 aromatic rings. The highest BCUT2D eigenvalue weighted by Gasteiger charge is 2.26. The van der Waals surface area contributed by atoms with Gasteiger partial charge in [0.1, 0.15) is 16.5 Å². The third-order valence-electron chi connectivity index (χ3n) is 5.88. The van der Waals surface area contributed by atoms with Crippen molar-refractivity contribution >= 4 is 15.8 Å². The quantitative estimate of drug-likeness (QED) is 0.782. The monoisotopic (exact) mass is 418 g/mol. The third-order valence-corrected chi connectivity index (χ3v) is 7.32. The largest absolute Gasteiger partial charge is 0.354 e. The van der Waals surface area contributed by atoms with Gasteiger partial charge in [-0.25, -0.2) is 22.5 Å². The Labute approximate surface area is 171 Å². The van der Waals surface area contributed by atoms with Gasteiger partial charge in [-0.3, -0.25) is 4.90 Å². The molecule has 0 spiro atoms. The molecule has 2 fully saturated rings. The number of halogens is 1. The first-order valence-electron chi connectivity index (χ1n) is 10.2. The van der Waals surface area contributed by atoms with Gasteiger partial charge in [0.25, 0.3) is 0 Å². The Balaban J connectivity index is 1.32. The number of sulfonamides is 1. The molecular weight excluding hydrogens is 391 g/mol. The molecule has 29 heavy (non-hydrogen) atoms. The number of pyridine rings is 1. The Morgan fingerprint density at radius 3 is 2.41 bits per heavy atom. The Morgan fingerprint density at radius 2 is 1.76 bits per heavy atom. The van der Waals surface area contributed by atoms with Crippen LogP contribution in [0.1, 0.15) is 31.2 Å². The maximum atomic E-state index is 13.8. The van der Waals surface area contributed by atoms with Gasteiger partial charge in [0, 0.05) is 45.0 Å². The van der Waals surface area contributed by atoms with Crippen LogP contribution in [0.2, 0.25) is 0 Å². The van der Waals surface area contributed by atoms with Crippen LogP contribution in [-0.4, -0.2) is 50.5 Å². The highest BCUT2D eigenvalue weighted by Crippen LogP contribution is 2.25. The van der Waals surface area contributed by atoms with Crippen LogP contribution in [0.5, 0.6) is 0 Å². The number of nitrogens with zero attached hydrogens (tertiary/aromatic N) is 3. The fourth-order valence-electron chi connectivity index (χ4n) is 4.21. The van der Waals surface area contributed by atoms with E-state index in [-0.39, 0.29) is 11.4 Å². The molecule has 1 saturated heterocycles. The zero-order chi connectivity index (χ0) is 20.3. The number of rotatable bonds is 6. The molecule has 1 N–H and O–H groups in total. The average molecular weight is 419 g/mol. The Morgan fingerprint density at radius 1 is 1.03 bits per heavy atom. The molecule has 156 valence electrons. The van der Waals surface area contributed by atoms with Crippen LogP contribution >= 0.6 is 0 Å². The molecule has 0 radical (unpaired) electrons. The number of aromatic nitrogens is 1. The molecule has 1 aromatic heterocycles. The maximum Gasteiger partial charge on any atom is 0.243 e. The van der Waals surface area contributed by atoms with Crippen LogP contribution in [0.15, 0.2) is 47.5 Å². The van der Waals surface area contributed by atoms with E-state index in [0.717, 1.165) is 49.7 Å². The second-order valence-electron chi connectivity index (χ2n) is 7.74. The molecule has 0 atom stereocenters. The fourth-order valence-corrected chi connectivity index (χ4v) is 5.31. The van der Waals surface area contributed by atoms with Crippen molar-refractivity contribution < 1.29 is 12.8 Å².